The van der Waals surface area contributed by atoms with Gasteiger partial charge in [-0.1, -0.05) is 24.3 Å². The van der Waals surface area contributed by atoms with Gasteiger partial charge in [0.15, 0.2) is 5.75 Å². The van der Waals surface area contributed by atoms with Crippen LogP contribution in [-0.2, 0) is 0 Å². The average Bonchev–Trinajstić information content (AvgIpc) is 2.34. The molecule has 0 fully saturated rings. The quantitative estimate of drug-likeness (QED) is 0.630. The van der Waals surface area contributed by atoms with Crippen molar-refractivity contribution in [2.24, 2.45) is 0 Å². The van der Waals surface area contributed by atoms with E-state index in [0.717, 1.165) is 21.7 Å². The summed E-state index contributed by atoms with van der Waals surface area (Å²) in [7, 11) is 0. The average molecular weight is 288 g/mol. The summed E-state index contributed by atoms with van der Waals surface area (Å²) in [4.78, 5) is 4.41. The Balaban J connectivity index is 2.52. The molecular weight excluding hydrogens is 278 g/mol. The lowest BCUT2D eigenvalue weighted by Crippen LogP contribution is -1.87. The highest BCUT2D eigenvalue weighted by Gasteiger charge is 2.09. The molecule has 0 aliphatic rings. The van der Waals surface area contributed by atoms with Gasteiger partial charge in [-0.15, -0.1) is 0 Å². The highest BCUT2D eigenvalue weighted by Crippen LogP contribution is 2.35. The van der Waals surface area contributed by atoms with Gasteiger partial charge >= 0.3 is 0 Å². The van der Waals surface area contributed by atoms with Gasteiger partial charge < -0.3 is 5.11 Å². The number of aromatic nitrogens is 1. The number of nitrogens with zero attached hydrogens (tertiary/aromatic N) is 1. The second-order valence-electron chi connectivity index (χ2n) is 4.08. The molecule has 0 aliphatic heterocycles. The van der Waals surface area contributed by atoms with Gasteiger partial charge in [-0.05, 0) is 45.8 Å². The lowest BCUT2D eigenvalue weighted by molar-refractivity contribution is 0.465. The number of aryl methyl sites for hydroxylation is 1. The number of halogens is 1. The molecule has 0 atom stereocenters. The van der Waals surface area contributed by atoms with E-state index in [1.54, 1.807) is 6.92 Å². The molecule has 3 aromatic rings. The first-order chi connectivity index (χ1) is 8.16. The predicted molar refractivity (Wildman–Crippen MR) is 73.4 cm³/mol. The summed E-state index contributed by atoms with van der Waals surface area (Å²) in [5.74, 6) is 0.216. The number of benzene rings is 2. The van der Waals surface area contributed by atoms with E-state index in [0.29, 0.717) is 10.2 Å². The topological polar surface area (TPSA) is 33.1 Å². The van der Waals surface area contributed by atoms with Gasteiger partial charge in [0.1, 0.15) is 0 Å². The van der Waals surface area contributed by atoms with Gasteiger partial charge in [0.25, 0.3) is 0 Å². The first-order valence-corrected chi connectivity index (χ1v) is 6.13. The maximum atomic E-state index is 9.87. The molecule has 3 rings (SSSR count). The Bertz CT molecular complexity index is 737. The first kappa shape index (κ1) is 10.5. The van der Waals surface area contributed by atoms with Crippen LogP contribution in [0.5, 0.6) is 5.75 Å². The fourth-order valence-corrected chi connectivity index (χ4v) is 2.62. The van der Waals surface area contributed by atoms with Crippen molar-refractivity contribution in [1.29, 1.82) is 0 Å². The molecule has 0 aliphatic carbocycles. The van der Waals surface area contributed by atoms with Crippen molar-refractivity contribution in [2.75, 3.05) is 0 Å². The monoisotopic (exact) mass is 287 g/mol. The van der Waals surface area contributed by atoms with Crippen molar-refractivity contribution in [3.05, 3.63) is 46.6 Å². The van der Waals surface area contributed by atoms with Crippen LogP contribution >= 0.6 is 15.9 Å². The SMILES string of the molecule is Cc1nc2cc3ccccc3cc2c(Br)c1O. The molecule has 84 valence electrons. The van der Waals surface area contributed by atoms with E-state index in [1.807, 2.05) is 24.3 Å². The molecular formula is C14H10BrNO. The number of aromatic hydroxyl groups is 1. The third kappa shape index (κ3) is 1.58. The number of hydrogen-bond donors (Lipinski definition) is 1. The summed E-state index contributed by atoms with van der Waals surface area (Å²) >= 11 is 3.43. The number of rotatable bonds is 0. The summed E-state index contributed by atoms with van der Waals surface area (Å²) in [6.07, 6.45) is 0. The second kappa shape index (κ2) is 3.70. The smallest absolute Gasteiger partial charge is 0.151 e. The maximum Gasteiger partial charge on any atom is 0.151 e. The number of hydrogen-bond acceptors (Lipinski definition) is 2. The fraction of sp³-hybridized carbons (Fsp3) is 0.0714. The van der Waals surface area contributed by atoms with Gasteiger partial charge in [-0.3, -0.25) is 0 Å². The van der Waals surface area contributed by atoms with Crippen LogP contribution in [-0.4, -0.2) is 10.1 Å². The van der Waals surface area contributed by atoms with Crippen molar-refractivity contribution in [3.8, 4) is 5.75 Å². The third-order valence-corrected chi connectivity index (χ3v) is 3.74. The zero-order valence-corrected chi connectivity index (χ0v) is 10.8. The van der Waals surface area contributed by atoms with Crippen LogP contribution < -0.4 is 0 Å². The Morgan fingerprint density at radius 3 is 2.47 bits per heavy atom. The molecule has 2 nitrogen and oxygen atoms in total. The fourth-order valence-electron chi connectivity index (χ4n) is 2.02. The Morgan fingerprint density at radius 1 is 1.12 bits per heavy atom. The summed E-state index contributed by atoms with van der Waals surface area (Å²) in [6, 6.07) is 12.2. The summed E-state index contributed by atoms with van der Waals surface area (Å²) in [5, 5.41) is 13.1. The van der Waals surface area contributed by atoms with Crippen LogP contribution in [0.3, 0.4) is 0 Å². The van der Waals surface area contributed by atoms with Crippen LogP contribution in [0.15, 0.2) is 40.9 Å². The van der Waals surface area contributed by atoms with Gasteiger partial charge in [0.2, 0.25) is 0 Å². The normalized spacial score (nSPS) is 11.2. The van der Waals surface area contributed by atoms with Crippen LogP contribution in [0.1, 0.15) is 5.69 Å². The summed E-state index contributed by atoms with van der Waals surface area (Å²) in [6.45, 7) is 1.80. The molecule has 0 spiro atoms. The van der Waals surface area contributed by atoms with Crippen molar-refractivity contribution in [3.63, 3.8) is 0 Å². The Hall–Kier alpha value is -1.61. The lowest BCUT2D eigenvalue weighted by Gasteiger charge is -2.07. The molecule has 0 radical (unpaired) electrons. The molecule has 0 unspecified atom stereocenters. The lowest BCUT2D eigenvalue weighted by atomic mass is 10.1. The Labute approximate surface area is 107 Å². The zero-order chi connectivity index (χ0) is 12.0. The van der Waals surface area contributed by atoms with Crippen LogP contribution in [0.25, 0.3) is 21.7 Å². The largest absolute Gasteiger partial charge is 0.505 e. The minimum Gasteiger partial charge on any atom is -0.505 e. The van der Waals surface area contributed by atoms with Gasteiger partial charge in [-0.25, -0.2) is 4.98 Å². The number of pyridine rings is 1. The molecule has 1 N–H and O–H groups in total. The molecule has 3 heteroatoms. The molecule has 0 saturated carbocycles. The van der Waals surface area contributed by atoms with E-state index in [-0.39, 0.29) is 5.75 Å². The highest BCUT2D eigenvalue weighted by atomic mass is 79.9. The van der Waals surface area contributed by atoms with Crippen LogP contribution in [0.2, 0.25) is 0 Å². The van der Waals surface area contributed by atoms with Gasteiger partial charge in [0, 0.05) is 5.39 Å². The van der Waals surface area contributed by atoms with Crippen molar-refractivity contribution in [2.45, 2.75) is 6.92 Å². The van der Waals surface area contributed by atoms with Crippen LogP contribution in [0, 0.1) is 6.92 Å². The summed E-state index contributed by atoms with van der Waals surface area (Å²) < 4.78 is 0.714. The van der Waals surface area contributed by atoms with E-state index in [2.05, 4.69) is 33.0 Å². The van der Waals surface area contributed by atoms with Crippen molar-refractivity contribution >= 4 is 37.6 Å². The van der Waals surface area contributed by atoms with Crippen molar-refractivity contribution in [1.82, 2.24) is 4.98 Å². The Kier molecular flexibility index (Phi) is 2.30. The van der Waals surface area contributed by atoms with Gasteiger partial charge in [-0.2, -0.15) is 0 Å². The van der Waals surface area contributed by atoms with E-state index < -0.39 is 0 Å². The molecule has 1 aromatic heterocycles. The van der Waals surface area contributed by atoms with Crippen LogP contribution in [0.4, 0.5) is 0 Å². The molecule has 17 heavy (non-hydrogen) atoms. The van der Waals surface area contributed by atoms with E-state index in [4.69, 9.17) is 0 Å². The first-order valence-electron chi connectivity index (χ1n) is 5.34. The highest BCUT2D eigenvalue weighted by molar-refractivity contribution is 9.10. The molecule has 0 saturated heterocycles. The van der Waals surface area contributed by atoms with E-state index >= 15 is 0 Å². The minimum absolute atomic E-state index is 0.216. The molecule has 0 amide bonds. The standard InChI is InChI=1S/C14H10BrNO/c1-8-14(17)13(15)11-6-9-4-2-3-5-10(9)7-12(11)16-8/h2-7,17H,1H3. The van der Waals surface area contributed by atoms with E-state index in [9.17, 15) is 5.11 Å². The van der Waals surface area contributed by atoms with Crippen molar-refractivity contribution < 1.29 is 5.11 Å². The number of fused-ring (bicyclic) bond motifs is 2. The maximum absolute atomic E-state index is 9.87. The molecule has 0 bridgehead atoms. The molecule has 2 aromatic carbocycles. The zero-order valence-electron chi connectivity index (χ0n) is 9.24. The van der Waals surface area contributed by atoms with Gasteiger partial charge in [0.05, 0.1) is 15.7 Å². The minimum atomic E-state index is 0.216. The second-order valence-corrected chi connectivity index (χ2v) is 4.87. The Morgan fingerprint density at radius 2 is 1.76 bits per heavy atom. The third-order valence-electron chi connectivity index (χ3n) is 2.94. The predicted octanol–water partition coefficient (Wildman–Crippen LogP) is 4.16. The molecule has 1 heterocycles. The van der Waals surface area contributed by atoms with E-state index in [1.165, 1.54) is 0 Å². The summed E-state index contributed by atoms with van der Waals surface area (Å²) in [5.41, 5.74) is 1.53.